The summed E-state index contributed by atoms with van der Waals surface area (Å²) in [7, 11) is 0. The Morgan fingerprint density at radius 3 is 2.72 bits per heavy atom. The zero-order chi connectivity index (χ0) is 16.8. The summed E-state index contributed by atoms with van der Waals surface area (Å²) >= 11 is 1.47. The predicted octanol–water partition coefficient (Wildman–Crippen LogP) is 4.01. The van der Waals surface area contributed by atoms with Crippen LogP contribution in [0.2, 0.25) is 0 Å². The number of aromatic nitrogens is 1. The van der Waals surface area contributed by atoms with Crippen molar-refractivity contribution < 1.29 is 9.18 Å². The molecule has 2 N–H and O–H groups in total. The number of halogens is 2. The summed E-state index contributed by atoms with van der Waals surface area (Å²) < 4.78 is 12.9. The van der Waals surface area contributed by atoms with E-state index < -0.39 is 0 Å². The first kappa shape index (κ1) is 19.8. The van der Waals surface area contributed by atoms with E-state index in [9.17, 15) is 9.18 Å². The predicted molar refractivity (Wildman–Crippen MR) is 102 cm³/mol. The van der Waals surface area contributed by atoms with Crippen LogP contribution < -0.4 is 10.6 Å². The minimum absolute atomic E-state index is 0. The molecule has 0 saturated carbocycles. The number of nitrogens with one attached hydrogen (secondary N) is 2. The second-order valence-electron chi connectivity index (χ2n) is 6.22. The highest BCUT2D eigenvalue weighted by atomic mass is 35.5. The van der Waals surface area contributed by atoms with E-state index >= 15 is 0 Å². The number of hydrogen-bond acceptors (Lipinski definition) is 4. The van der Waals surface area contributed by atoms with E-state index in [0.29, 0.717) is 23.9 Å². The number of rotatable bonds is 6. The lowest BCUT2D eigenvalue weighted by Gasteiger charge is -2.21. The molecular weight excluding hydrogens is 361 g/mol. The van der Waals surface area contributed by atoms with Gasteiger partial charge >= 0.3 is 0 Å². The lowest BCUT2D eigenvalue weighted by Crippen LogP contribution is -2.28. The molecule has 1 aliphatic heterocycles. The summed E-state index contributed by atoms with van der Waals surface area (Å²) in [5, 5.41) is 6.87. The molecule has 0 spiro atoms. The standard InChI is InChI=1S/C18H22FN3OS.ClH/c19-15-4-1-14(2-5-15)11-16-12-21-18(24-16)22-17(23)6-3-13-7-9-20-10-8-13;/h1-2,4-5,12-13,20H,3,6-11H2,(H,21,22,23);1H. The fourth-order valence-corrected chi connectivity index (χ4v) is 3.80. The molecule has 4 nitrogen and oxygen atoms in total. The first-order valence-electron chi connectivity index (χ1n) is 8.39. The normalized spacial score (nSPS) is 14.8. The number of benzene rings is 1. The third-order valence-corrected chi connectivity index (χ3v) is 5.24. The number of hydrogen-bond donors (Lipinski definition) is 2. The molecular formula is C18H23ClFN3OS. The van der Waals surface area contributed by atoms with Crippen molar-refractivity contribution in [2.45, 2.75) is 32.1 Å². The SMILES string of the molecule is Cl.O=C(CCC1CCNCC1)Nc1ncc(Cc2ccc(F)cc2)s1. The molecule has 0 aliphatic carbocycles. The molecule has 0 unspecified atom stereocenters. The van der Waals surface area contributed by atoms with E-state index in [-0.39, 0.29) is 24.1 Å². The molecule has 7 heteroatoms. The number of carbonyl (C=O) groups excluding carboxylic acids is 1. The fraction of sp³-hybridized carbons (Fsp3) is 0.444. The molecule has 1 aliphatic rings. The molecule has 0 radical (unpaired) electrons. The molecule has 25 heavy (non-hydrogen) atoms. The van der Waals surface area contributed by atoms with E-state index in [1.807, 2.05) is 0 Å². The number of anilines is 1. The number of piperidine rings is 1. The first-order valence-corrected chi connectivity index (χ1v) is 9.20. The monoisotopic (exact) mass is 383 g/mol. The van der Waals surface area contributed by atoms with E-state index in [2.05, 4.69) is 15.6 Å². The van der Waals surface area contributed by atoms with Gasteiger partial charge in [0.15, 0.2) is 5.13 Å². The number of carbonyl (C=O) groups is 1. The second-order valence-corrected chi connectivity index (χ2v) is 7.33. The highest BCUT2D eigenvalue weighted by Gasteiger charge is 2.15. The third kappa shape index (κ3) is 6.38. The van der Waals surface area contributed by atoms with Gasteiger partial charge in [-0.3, -0.25) is 4.79 Å². The van der Waals surface area contributed by atoms with Crippen molar-refractivity contribution in [3.63, 3.8) is 0 Å². The van der Waals surface area contributed by atoms with Crippen molar-refractivity contribution in [2.24, 2.45) is 5.92 Å². The van der Waals surface area contributed by atoms with Crippen molar-refractivity contribution in [1.29, 1.82) is 0 Å². The van der Waals surface area contributed by atoms with Crippen molar-refractivity contribution >= 4 is 34.8 Å². The van der Waals surface area contributed by atoms with E-state index in [1.165, 1.54) is 23.5 Å². The minimum Gasteiger partial charge on any atom is -0.317 e. The Hall–Kier alpha value is -1.50. The highest BCUT2D eigenvalue weighted by molar-refractivity contribution is 7.15. The topological polar surface area (TPSA) is 54.0 Å². The lowest BCUT2D eigenvalue weighted by molar-refractivity contribution is -0.116. The quantitative estimate of drug-likeness (QED) is 0.792. The highest BCUT2D eigenvalue weighted by Crippen LogP contribution is 2.22. The molecule has 1 aromatic heterocycles. The van der Waals surface area contributed by atoms with Gasteiger partial charge in [0.1, 0.15) is 5.82 Å². The Labute approximate surface area is 157 Å². The van der Waals surface area contributed by atoms with Crippen LogP contribution in [0.5, 0.6) is 0 Å². The molecule has 0 bridgehead atoms. The van der Waals surface area contributed by atoms with Gasteiger partial charge in [-0.2, -0.15) is 0 Å². The Morgan fingerprint density at radius 1 is 1.28 bits per heavy atom. The van der Waals surface area contributed by atoms with Gasteiger partial charge in [-0.25, -0.2) is 9.37 Å². The van der Waals surface area contributed by atoms with Gasteiger partial charge in [0.2, 0.25) is 5.91 Å². The molecule has 1 saturated heterocycles. The Morgan fingerprint density at radius 2 is 2.00 bits per heavy atom. The Balaban J connectivity index is 0.00000225. The average Bonchev–Trinajstić information content (AvgIpc) is 3.03. The Kier molecular flexibility index (Phi) is 7.81. The van der Waals surface area contributed by atoms with E-state index in [1.54, 1.807) is 18.3 Å². The van der Waals surface area contributed by atoms with Gasteiger partial charge in [-0.1, -0.05) is 12.1 Å². The maximum Gasteiger partial charge on any atom is 0.226 e. The summed E-state index contributed by atoms with van der Waals surface area (Å²) in [5.74, 6) is 0.461. The molecule has 0 atom stereocenters. The molecule has 3 rings (SSSR count). The Bertz CT molecular complexity index is 671. The van der Waals surface area contributed by atoms with Crippen LogP contribution >= 0.6 is 23.7 Å². The summed E-state index contributed by atoms with van der Waals surface area (Å²) in [6.45, 7) is 2.12. The molecule has 1 amide bonds. The van der Waals surface area contributed by atoms with Crippen LogP contribution in [0.1, 0.15) is 36.1 Å². The summed E-state index contributed by atoms with van der Waals surface area (Å²) in [5.41, 5.74) is 1.03. The van der Waals surface area contributed by atoms with Gasteiger partial charge in [-0.05, 0) is 56.0 Å². The summed E-state index contributed by atoms with van der Waals surface area (Å²) in [6.07, 6.45) is 6.29. The first-order chi connectivity index (χ1) is 11.7. The third-order valence-electron chi connectivity index (χ3n) is 4.33. The number of nitrogens with zero attached hydrogens (tertiary/aromatic N) is 1. The van der Waals surface area contributed by atoms with Crippen LogP contribution in [-0.4, -0.2) is 24.0 Å². The largest absolute Gasteiger partial charge is 0.317 e. The maximum absolute atomic E-state index is 12.9. The van der Waals surface area contributed by atoms with Crippen LogP contribution in [0.15, 0.2) is 30.5 Å². The average molecular weight is 384 g/mol. The van der Waals surface area contributed by atoms with Crippen molar-refractivity contribution in [2.75, 3.05) is 18.4 Å². The minimum atomic E-state index is -0.232. The molecule has 2 aromatic rings. The van der Waals surface area contributed by atoms with Crippen LogP contribution in [0, 0.1) is 11.7 Å². The molecule has 1 fully saturated rings. The van der Waals surface area contributed by atoms with E-state index in [0.717, 1.165) is 42.8 Å². The van der Waals surface area contributed by atoms with Crippen LogP contribution in [0.4, 0.5) is 9.52 Å². The van der Waals surface area contributed by atoms with Crippen LogP contribution in [0.25, 0.3) is 0 Å². The molecule has 1 aromatic carbocycles. The van der Waals surface area contributed by atoms with Gasteiger partial charge in [0.05, 0.1) is 0 Å². The van der Waals surface area contributed by atoms with Gasteiger partial charge in [-0.15, -0.1) is 23.7 Å². The second kappa shape index (κ2) is 9.85. The summed E-state index contributed by atoms with van der Waals surface area (Å²) in [4.78, 5) is 17.4. The van der Waals surface area contributed by atoms with Gasteiger partial charge < -0.3 is 10.6 Å². The van der Waals surface area contributed by atoms with Crippen molar-refractivity contribution in [1.82, 2.24) is 10.3 Å². The lowest BCUT2D eigenvalue weighted by atomic mass is 9.93. The maximum atomic E-state index is 12.9. The van der Waals surface area contributed by atoms with Crippen LogP contribution in [0.3, 0.4) is 0 Å². The summed E-state index contributed by atoms with van der Waals surface area (Å²) in [6, 6.07) is 6.46. The number of thiazole rings is 1. The van der Waals surface area contributed by atoms with E-state index in [4.69, 9.17) is 0 Å². The van der Waals surface area contributed by atoms with Crippen molar-refractivity contribution in [3.05, 3.63) is 46.7 Å². The smallest absolute Gasteiger partial charge is 0.226 e. The zero-order valence-electron chi connectivity index (χ0n) is 14.0. The molecule has 136 valence electrons. The molecule has 2 heterocycles. The van der Waals surface area contributed by atoms with Gasteiger partial charge in [0, 0.05) is 23.9 Å². The van der Waals surface area contributed by atoms with Gasteiger partial charge in [0.25, 0.3) is 0 Å². The fourth-order valence-electron chi connectivity index (χ4n) is 2.94. The van der Waals surface area contributed by atoms with Crippen molar-refractivity contribution in [3.8, 4) is 0 Å². The van der Waals surface area contributed by atoms with Crippen LogP contribution in [-0.2, 0) is 11.2 Å². The number of amides is 1. The zero-order valence-corrected chi connectivity index (χ0v) is 15.6.